The van der Waals surface area contributed by atoms with Crippen LogP contribution in [0.4, 0.5) is 0 Å². The normalized spacial score (nSPS) is 31.4. The van der Waals surface area contributed by atoms with Gasteiger partial charge < -0.3 is 29.6 Å². The highest BCUT2D eigenvalue weighted by atomic mass is 16.6. The van der Waals surface area contributed by atoms with Crippen molar-refractivity contribution < 1.29 is 29.6 Å². The summed E-state index contributed by atoms with van der Waals surface area (Å²) in [6.07, 6.45) is -3.72. The molecule has 5 atom stereocenters. The molecule has 1 aliphatic carbocycles. The Morgan fingerprint density at radius 1 is 0.972 bits per heavy atom. The monoisotopic (exact) mass is 483 g/mol. The van der Waals surface area contributed by atoms with Crippen molar-refractivity contribution in [2.75, 3.05) is 0 Å². The first-order valence-corrected chi connectivity index (χ1v) is 11.9. The molecule has 5 N–H and O–H groups in total. The number of fused-ring (bicyclic) bond motifs is 11. The molecule has 0 unspecified atom stereocenters. The van der Waals surface area contributed by atoms with Crippen molar-refractivity contribution in [1.82, 2.24) is 14.9 Å². The number of aromatic nitrogens is 2. The second-order valence-corrected chi connectivity index (χ2v) is 10.3. The maximum absolute atomic E-state index is 13.2. The molecule has 0 bridgehead atoms. The maximum Gasteiger partial charge on any atom is 0.259 e. The Balaban J connectivity index is 1.59. The molecule has 9 heteroatoms. The van der Waals surface area contributed by atoms with Crippen molar-refractivity contribution in [3.8, 4) is 0 Å². The van der Waals surface area contributed by atoms with Gasteiger partial charge in [0.05, 0.1) is 27.7 Å². The molecule has 180 valence electrons. The molecule has 8 rings (SSSR count). The molecule has 5 aromatic rings. The van der Waals surface area contributed by atoms with Crippen LogP contribution in [0.2, 0.25) is 0 Å². The fourth-order valence-electron chi connectivity index (χ4n) is 6.55. The Morgan fingerprint density at radius 3 is 2.42 bits per heavy atom. The third kappa shape index (κ3) is 2.13. The van der Waals surface area contributed by atoms with Crippen LogP contribution in [0.3, 0.4) is 0 Å². The third-order valence-corrected chi connectivity index (χ3v) is 8.42. The number of imide groups is 1. The smallest absolute Gasteiger partial charge is 0.259 e. The standard InChI is InChI=1S/C27H21N3O6/c1-26-10-27(26,35)22(32)21(31)25(36-26)30-14-9-5-3-7-12(14)16-18-17(23(33)29-24(18)34)15-11-6-2-4-8-13(11)28-19(15)20(16)30/h2-9,21-22,25,28,31-32,35H,10H2,1H3,(H,29,33,34)/t21-,22+,25-,26-,27-/m1/s1. The van der Waals surface area contributed by atoms with Crippen molar-refractivity contribution in [1.29, 1.82) is 0 Å². The fraction of sp³-hybridized carbons (Fsp3) is 0.259. The number of amides is 2. The minimum absolute atomic E-state index is 0.194. The van der Waals surface area contributed by atoms with E-state index in [0.717, 1.165) is 10.9 Å². The molecule has 4 heterocycles. The van der Waals surface area contributed by atoms with Crippen LogP contribution >= 0.6 is 0 Å². The Morgan fingerprint density at radius 2 is 1.64 bits per heavy atom. The number of hydrogen-bond donors (Lipinski definition) is 5. The number of aliphatic hydroxyl groups excluding tert-OH is 2. The lowest BCUT2D eigenvalue weighted by Gasteiger charge is -2.40. The lowest BCUT2D eigenvalue weighted by atomic mass is 9.96. The molecule has 0 spiro atoms. The van der Waals surface area contributed by atoms with Gasteiger partial charge in [0.1, 0.15) is 23.4 Å². The van der Waals surface area contributed by atoms with Gasteiger partial charge in [0.15, 0.2) is 6.23 Å². The zero-order valence-corrected chi connectivity index (χ0v) is 19.1. The Hall–Kier alpha value is -3.76. The lowest BCUT2D eigenvalue weighted by molar-refractivity contribution is -0.238. The molecule has 2 aliphatic heterocycles. The fourth-order valence-corrected chi connectivity index (χ4v) is 6.55. The summed E-state index contributed by atoms with van der Waals surface area (Å²) >= 11 is 0. The Labute approximate surface area is 202 Å². The number of nitrogens with zero attached hydrogens (tertiary/aromatic N) is 1. The molecule has 2 aromatic heterocycles. The van der Waals surface area contributed by atoms with Crippen molar-refractivity contribution >= 4 is 55.4 Å². The Bertz CT molecular complexity index is 1850. The van der Waals surface area contributed by atoms with Crippen LogP contribution in [0.15, 0.2) is 48.5 Å². The average molecular weight is 483 g/mol. The SMILES string of the molecule is C[C@@]12C[C@@]1(O)[C@@H](O)[C@@H](O)[C@H](n1c3ccccc3c3c4c(c5c6ccccc6[nH]c5c31)C(=O)NC4=O)O2. The van der Waals surface area contributed by atoms with Crippen molar-refractivity contribution in [3.63, 3.8) is 0 Å². The van der Waals surface area contributed by atoms with Gasteiger partial charge in [0, 0.05) is 33.5 Å². The van der Waals surface area contributed by atoms with Crippen molar-refractivity contribution in [2.45, 2.75) is 43.0 Å². The number of aromatic amines is 1. The first-order chi connectivity index (χ1) is 17.2. The van der Waals surface area contributed by atoms with Gasteiger partial charge >= 0.3 is 0 Å². The molecule has 3 aromatic carbocycles. The van der Waals surface area contributed by atoms with Gasteiger partial charge in [0.2, 0.25) is 0 Å². The van der Waals surface area contributed by atoms with E-state index in [9.17, 15) is 24.9 Å². The van der Waals surface area contributed by atoms with E-state index in [-0.39, 0.29) is 12.0 Å². The zero-order chi connectivity index (χ0) is 24.7. The number of benzene rings is 3. The minimum atomic E-state index is -1.52. The summed E-state index contributed by atoms with van der Waals surface area (Å²) in [7, 11) is 0. The van der Waals surface area contributed by atoms with Crippen LogP contribution in [0.25, 0.3) is 43.6 Å². The highest BCUT2D eigenvalue weighted by molar-refractivity contribution is 6.39. The van der Waals surface area contributed by atoms with Crippen molar-refractivity contribution in [2.24, 2.45) is 0 Å². The number of ether oxygens (including phenoxy) is 1. The van der Waals surface area contributed by atoms with Gasteiger partial charge in [-0.2, -0.15) is 0 Å². The minimum Gasteiger partial charge on any atom is -0.387 e. The van der Waals surface area contributed by atoms with Crippen LogP contribution in [-0.2, 0) is 4.74 Å². The van der Waals surface area contributed by atoms with E-state index in [2.05, 4.69) is 10.3 Å². The number of aliphatic hydroxyl groups is 3. The zero-order valence-electron chi connectivity index (χ0n) is 19.1. The Kier molecular flexibility index (Phi) is 3.48. The van der Waals surface area contributed by atoms with E-state index in [1.165, 1.54) is 0 Å². The van der Waals surface area contributed by atoms with Crippen LogP contribution in [0, 0.1) is 0 Å². The van der Waals surface area contributed by atoms with Crippen molar-refractivity contribution in [3.05, 3.63) is 59.7 Å². The summed E-state index contributed by atoms with van der Waals surface area (Å²) < 4.78 is 8.09. The molecule has 1 saturated carbocycles. The number of carbonyl (C=O) groups is 2. The topological polar surface area (TPSA) is 137 Å². The van der Waals surface area contributed by atoms with Gasteiger partial charge in [-0.1, -0.05) is 36.4 Å². The average Bonchev–Trinajstić information content (AvgIpc) is 3.16. The van der Waals surface area contributed by atoms with E-state index >= 15 is 0 Å². The number of H-pyrrole nitrogens is 1. The first-order valence-electron chi connectivity index (χ1n) is 11.9. The second kappa shape index (κ2) is 6.13. The number of rotatable bonds is 1. The van der Waals surface area contributed by atoms with E-state index < -0.39 is 41.5 Å². The molecule has 2 fully saturated rings. The first kappa shape index (κ1) is 20.4. The van der Waals surface area contributed by atoms with Crippen LogP contribution in [0.5, 0.6) is 0 Å². The molecule has 0 radical (unpaired) electrons. The summed E-state index contributed by atoms with van der Waals surface area (Å²) in [5.74, 6) is -0.938. The maximum atomic E-state index is 13.2. The molecule has 1 saturated heterocycles. The summed E-state index contributed by atoms with van der Waals surface area (Å²) in [6, 6.07) is 14.9. The molecule has 2 amide bonds. The quantitative estimate of drug-likeness (QED) is 0.232. The third-order valence-electron chi connectivity index (χ3n) is 8.42. The van der Waals surface area contributed by atoms with E-state index in [1.807, 2.05) is 48.5 Å². The van der Waals surface area contributed by atoms with Gasteiger partial charge in [-0.3, -0.25) is 14.9 Å². The van der Waals surface area contributed by atoms with Crippen LogP contribution in [0.1, 0.15) is 40.3 Å². The lowest BCUT2D eigenvalue weighted by Crippen LogP contribution is -2.54. The summed E-state index contributed by atoms with van der Waals surface area (Å²) in [5, 5.41) is 38.0. The summed E-state index contributed by atoms with van der Waals surface area (Å²) in [6.45, 7) is 1.71. The van der Waals surface area contributed by atoms with Crippen LogP contribution < -0.4 is 5.32 Å². The highest BCUT2D eigenvalue weighted by Gasteiger charge is 2.75. The predicted octanol–water partition coefficient (Wildman–Crippen LogP) is 2.46. The number of nitrogens with one attached hydrogen (secondary N) is 2. The van der Waals surface area contributed by atoms with Gasteiger partial charge in [0.25, 0.3) is 11.8 Å². The van der Waals surface area contributed by atoms with Gasteiger partial charge in [-0.25, -0.2) is 0 Å². The number of para-hydroxylation sites is 2. The van der Waals surface area contributed by atoms with Crippen LogP contribution in [-0.4, -0.2) is 60.1 Å². The highest BCUT2D eigenvalue weighted by Crippen LogP contribution is 2.60. The van der Waals surface area contributed by atoms with E-state index in [1.54, 1.807) is 11.5 Å². The van der Waals surface area contributed by atoms with E-state index in [4.69, 9.17) is 4.74 Å². The number of hydrogen-bond acceptors (Lipinski definition) is 6. The molecule has 9 nitrogen and oxygen atoms in total. The molecular weight excluding hydrogens is 462 g/mol. The molecule has 36 heavy (non-hydrogen) atoms. The summed E-state index contributed by atoms with van der Waals surface area (Å²) in [5.41, 5.74) is 0.705. The summed E-state index contributed by atoms with van der Waals surface area (Å²) in [4.78, 5) is 29.7. The predicted molar refractivity (Wildman–Crippen MR) is 131 cm³/mol. The molecular formula is C27H21N3O6. The number of carbonyl (C=O) groups excluding carboxylic acids is 2. The molecule has 3 aliphatic rings. The second-order valence-electron chi connectivity index (χ2n) is 10.3. The van der Waals surface area contributed by atoms with Gasteiger partial charge in [-0.15, -0.1) is 0 Å². The van der Waals surface area contributed by atoms with Gasteiger partial charge in [-0.05, 0) is 19.1 Å². The van der Waals surface area contributed by atoms with E-state index in [0.29, 0.717) is 38.3 Å². The largest absolute Gasteiger partial charge is 0.387 e.